The molecule has 0 saturated heterocycles. The first-order valence-corrected chi connectivity index (χ1v) is 8.36. The van der Waals surface area contributed by atoms with Gasteiger partial charge in [0.05, 0.1) is 5.69 Å². The zero-order valence-corrected chi connectivity index (χ0v) is 13.6. The second-order valence-corrected chi connectivity index (χ2v) is 6.78. The van der Waals surface area contributed by atoms with Gasteiger partial charge in [-0.15, -0.1) is 11.3 Å². The van der Waals surface area contributed by atoms with Crippen molar-refractivity contribution >= 4 is 22.5 Å². The number of aromatic nitrogens is 1. The van der Waals surface area contributed by atoms with Gasteiger partial charge in [-0.3, -0.25) is 4.90 Å². The summed E-state index contributed by atoms with van der Waals surface area (Å²) in [6, 6.07) is 5.46. The summed E-state index contributed by atoms with van der Waals surface area (Å²) in [7, 11) is 0. The topological polar surface area (TPSA) is 62.4 Å². The number of hydrogen-bond acceptors (Lipinski definition) is 5. The van der Waals surface area contributed by atoms with Gasteiger partial charge in [0.1, 0.15) is 5.75 Å². The highest BCUT2D eigenvalue weighted by molar-refractivity contribution is 7.15. The number of nitrogen functional groups attached to an aromatic ring is 1. The van der Waals surface area contributed by atoms with E-state index in [0.29, 0.717) is 10.9 Å². The molecule has 0 bridgehead atoms. The lowest BCUT2D eigenvalue weighted by Gasteiger charge is -2.17. The molecular formula is C17H21N3OS. The molecule has 0 aliphatic carbocycles. The largest absolute Gasteiger partial charge is 0.508 e. The SMILES string of the molecule is Cc1ccc(O)cc1C=CCN1CCc2nc(N)sc2CC1. The van der Waals surface area contributed by atoms with E-state index >= 15 is 0 Å². The highest BCUT2D eigenvalue weighted by Gasteiger charge is 2.16. The minimum absolute atomic E-state index is 0.313. The van der Waals surface area contributed by atoms with Gasteiger partial charge in [-0.25, -0.2) is 4.98 Å². The third kappa shape index (κ3) is 3.48. The molecule has 0 unspecified atom stereocenters. The van der Waals surface area contributed by atoms with Crippen LogP contribution in [0, 0.1) is 6.92 Å². The molecule has 3 rings (SSSR count). The molecule has 22 heavy (non-hydrogen) atoms. The summed E-state index contributed by atoms with van der Waals surface area (Å²) >= 11 is 1.62. The van der Waals surface area contributed by atoms with Gasteiger partial charge in [-0.2, -0.15) is 0 Å². The third-order valence-corrected chi connectivity index (χ3v) is 5.03. The fraction of sp³-hybridized carbons (Fsp3) is 0.353. The van der Waals surface area contributed by atoms with E-state index < -0.39 is 0 Å². The Balaban J connectivity index is 1.59. The Bertz CT molecular complexity index is 668. The second-order valence-electron chi connectivity index (χ2n) is 5.67. The van der Waals surface area contributed by atoms with E-state index in [2.05, 4.69) is 29.0 Å². The van der Waals surface area contributed by atoms with Crippen LogP contribution in [-0.4, -0.2) is 34.6 Å². The zero-order valence-electron chi connectivity index (χ0n) is 12.7. The normalized spacial score (nSPS) is 15.9. The molecule has 0 saturated carbocycles. The maximum Gasteiger partial charge on any atom is 0.180 e. The summed E-state index contributed by atoms with van der Waals surface area (Å²) in [5.41, 5.74) is 9.20. The lowest BCUT2D eigenvalue weighted by atomic mass is 10.1. The molecule has 5 heteroatoms. The van der Waals surface area contributed by atoms with Gasteiger partial charge in [0.25, 0.3) is 0 Å². The number of nitrogens with two attached hydrogens (primary N) is 1. The maximum atomic E-state index is 9.56. The molecule has 0 atom stereocenters. The molecule has 1 aliphatic rings. The van der Waals surface area contributed by atoms with Gasteiger partial charge >= 0.3 is 0 Å². The Kier molecular flexibility index (Phi) is 4.45. The van der Waals surface area contributed by atoms with Gasteiger partial charge in [0.2, 0.25) is 0 Å². The lowest BCUT2D eigenvalue weighted by molar-refractivity contribution is 0.318. The number of phenolic OH excluding ortho intramolecular Hbond substituents is 1. The zero-order chi connectivity index (χ0) is 15.5. The molecule has 116 valence electrons. The highest BCUT2D eigenvalue weighted by atomic mass is 32.1. The quantitative estimate of drug-likeness (QED) is 0.914. The Hall–Kier alpha value is -1.85. The maximum absolute atomic E-state index is 9.56. The van der Waals surface area contributed by atoms with E-state index in [1.54, 1.807) is 23.5 Å². The first-order valence-electron chi connectivity index (χ1n) is 7.54. The Morgan fingerprint density at radius 3 is 3.05 bits per heavy atom. The number of hydrogen-bond donors (Lipinski definition) is 2. The summed E-state index contributed by atoms with van der Waals surface area (Å²) in [6.45, 7) is 5.02. The monoisotopic (exact) mass is 315 g/mol. The van der Waals surface area contributed by atoms with Crippen molar-refractivity contribution < 1.29 is 5.11 Å². The predicted octanol–water partition coefficient (Wildman–Crippen LogP) is 2.85. The number of aryl methyl sites for hydroxylation is 1. The smallest absolute Gasteiger partial charge is 0.180 e. The Morgan fingerprint density at radius 1 is 1.36 bits per heavy atom. The number of phenols is 1. The van der Waals surface area contributed by atoms with Gasteiger partial charge < -0.3 is 10.8 Å². The summed E-state index contributed by atoms with van der Waals surface area (Å²) in [5.74, 6) is 0.313. The van der Waals surface area contributed by atoms with E-state index in [9.17, 15) is 5.11 Å². The third-order valence-electron chi connectivity index (χ3n) is 4.04. The van der Waals surface area contributed by atoms with Crippen LogP contribution >= 0.6 is 11.3 Å². The molecule has 1 aliphatic heterocycles. The van der Waals surface area contributed by atoms with Crippen molar-refractivity contribution in [1.29, 1.82) is 0 Å². The van der Waals surface area contributed by atoms with Gasteiger partial charge in [-0.1, -0.05) is 18.2 Å². The van der Waals surface area contributed by atoms with Crippen LogP contribution in [0.5, 0.6) is 5.75 Å². The number of benzene rings is 1. The molecule has 0 spiro atoms. The number of thiazole rings is 1. The van der Waals surface area contributed by atoms with Crippen LogP contribution in [0.15, 0.2) is 24.3 Å². The average molecular weight is 315 g/mol. The second kappa shape index (κ2) is 6.50. The van der Waals surface area contributed by atoms with Crippen LogP contribution in [0.4, 0.5) is 5.13 Å². The Morgan fingerprint density at radius 2 is 2.18 bits per heavy atom. The molecule has 2 aromatic rings. The summed E-state index contributed by atoms with van der Waals surface area (Å²) in [4.78, 5) is 8.19. The van der Waals surface area contributed by atoms with Gasteiger partial charge in [-0.05, 0) is 36.6 Å². The molecule has 1 aromatic carbocycles. The lowest BCUT2D eigenvalue weighted by Crippen LogP contribution is -2.26. The van der Waals surface area contributed by atoms with Gasteiger partial charge in [0, 0.05) is 30.9 Å². The van der Waals surface area contributed by atoms with Crippen molar-refractivity contribution in [2.45, 2.75) is 19.8 Å². The molecule has 1 aromatic heterocycles. The minimum atomic E-state index is 0.313. The van der Waals surface area contributed by atoms with Crippen molar-refractivity contribution in [2.75, 3.05) is 25.4 Å². The molecule has 2 heterocycles. The summed E-state index contributed by atoms with van der Waals surface area (Å²) in [5, 5.41) is 10.3. The van der Waals surface area contributed by atoms with Crippen LogP contribution in [0.3, 0.4) is 0 Å². The molecule has 0 radical (unpaired) electrons. The van der Waals surface area contributed by atoms with E-state index in [1.165, 1.54) is 16.1 Å². The predicted molar refractivity (Wildman–Crippen MR) is 92.3 cm³/mol. The fourth-order valence-corrected chi connectivity index (χ4v) is 3.62. The minimum Gasteiger partial charge on any atom is -0.508 e. The van der Waals surface area contributed by atoms with Crippen molar-refractivity contribution in [1.82, 2.24) is 9.88 Å². The van der Waals surface area contributed by atoms with Crippen LogP contribution in [0.1, 0.15) is 21.7 Å². The van der Waals surface area contributed by atoms with E-state index in [4.69, 9.17) is 5.73 Å². The van der Waals surface area contributed by atoms with Crippen molar-refractivity contribution in [3.05, 3.63) is 46.0 Å². The number of anilines is 1. The van der Waals surface area contributed by atoms with Crippen molar-refractivity contribution in [3.63, 3.8) is 0 Å². The van der Waals surface area contributed by atoms with Gasteiger partial charge in [0.15, 0.2) is 5.13 Å². The van der Waals surface area contributed by atoms with Crippen LogP contribution < -0.4 is 5.73 Å². The van der Waals surface area contributed by atoms with Crippen molar-refractivity contribution in [2.24, 2.45) is 0 Å². The molecule has 0 fully saturated rings. The van der Waals surface area contributed by atoms with Crippen molar-refractivity contribution in [3.8, 4) is 5.75 Å². The summed E-state index contributed by atoms with van der Waals surface area (Å²) in [6.07, 6.45) is 6.26. The standard InChI is InChI=1S/C17H21N3OS/c1-12-4-5-14(21)11-13(12)3-2-8-20-9-6-15-16(7-10-20)22-17(18)19-15/h2-5,11,21H,6-10H2,1H3,(H2,18,19). The van der Waals surface area contributed by atoms with E-state index in [0.717, 1.165) is 38.0 Å². The Labute approximate surface area is 134 Å². The average Bonchev–Trinajstić information content (AvgIpc) is 2.75. The number of aromatic hydroxyl groups is 1. The van der Waals surface area contributed by atoms with E-state index in [1.807, 2.05) is 6.07 Å². The summed E-state index contributed by atoms with van der Waals surface area (Å²) < 4.78 is 0. The molecular weight excluding hydrogens is 294 g/mol. The van der Waals surface area contributed by atoms with E-state index in [-0.39, 0.29) is 0 Å². The van der Waals surface area contributed by atoms with Crippen LogP contribution in [0.25, 0.3) is 6.08 Å². The molecule has 4 nitrogen and oxygen atoms in total. The number of nitrogens with zero attached hydrogens (tertiary/aromatic N) is 2. The molecule has 0 amide bonds. The first kappa shape index (κ1) is 15.1. The van der Waals surface area contributed by atoms with Crippen LogP contribution in [0.2, 0.25) is 0 Å². The van der Waals surface area contributed by atoms with Crippen LogP contribution in [-0.2, 0) is 12.8 Å². The fourth-order valence-electron chi connectivity index (χ4n) is 2.75. The highest BCUT2D eigenvalue weighted by Crippen LogP contribution is 2.24. The number of rotatable bonds is 3. The number of fused-ring (bicyclic) bond motifs is 1. The molecule has 3 N–H and O–H groups in total. The first-order chi connectivity index (χ1) is 10.6.